The van der Waals surface area contributed by atoms with E-state index in [0.717, 1.165) is 6.07 Å². The second-order valence-electron chi connectivity index (χ2n) is 4.40. The minimum atomic E-state index is -4.80. The molecule has 10 heteroatoms. The molecule has 7 nitrogen and oxygen atoms in total. The number of carbonyl (C=O) groups is 2. The molecule has 0 saturated carbocycles. The van der Waals surface area contributed by atoms with Crippen molar-refractivity contribution in [2.45, 2.75) is 12.7 Å². The van der Waals surface area contributed by atoms with Gasteiger partial charge in [0.15, 0.2) is 0 Å². The lowest BCUT2D eigenvalue weighted by atomic mass is 10.2. The van der Waals surface area contributed by atoms with Gasteiger partial charge in [-0.1, -0.05) is 0 Å². The minimum absolute atomic E-state index is 0.238. The topological polar surface area (TPSA) is 95.2 Å². The molecule has 0 bridgehead atoms. The zero-order chi connectivity index (χ0) is 16.5. The van der Waals surface area contributed by atoms with E-state index in [1.807, 2.05) is 0 Å². The van der Waals surface area contributed by atoms with E-state index in [2.05, 4.69) is 5.32 Å². The standard InChI is InChI=1S/C12H9F3N4O3/c13-12(14,15)8-2-1-7(5-16)10(21)18(8)3-4-19-9(20)6-17-11(19)22/h1-2H,3-4,6H2,(H,17,22). The number of halogens is 3. The number of nitrogens with zero attached hydrogens (tertiary/aromatic N) is 3. The molecule has 1 N–H and O–H groups in total. The van der Waals surface area contributed by atoms with Gasteiger partial charge in [0.2, 0.25) is 5.91 Å². The van der Waals surface area contributed by atoms with E-state index in [9.17, 15) is 27.6 Å². The molecular weight excluding hydrogens is 305 g/mol. The van der Waals surface area contributed by atoms with Crippen LogP contribution in [0.3, 0.4) is 0 Å². The third-order valence-electron chi connectivity index (χ3n) is 3.07. The molecule has 0 unspecified atom stereocenters. The third kappa shape index (κ3) is 2.78. The van der Waals surface area contributed by atoms with Crippen LogP contribution in [-0.2, 0) is 17.5 Å². The van der Waals surface area contributed by atoms with Gasteiger partial charge in [-0.05, 0) is 12.1 Å². The Bertz CT molecular complexity index is 717. The summed E-state index contributed by atoms with van der Waals surface area (Å²) in [5.74, 6) is -0.594. The number of alkyl halides is 3. The van der Waals surface area contributed by atoms with Gasteiger partial charge in [0.1, 0.15) is 17.3 Å². The van der Waals surface area contributed by atoms with Crippen molar-refractivity contribution in [1.82, 2.24) is 14.8 Å². The number of rotatable bonds is 3. The van der Waals surface area contributed by atoms with Crippen LogP contribution in [0.1, 0.15) is 11.3 Å². The van der Waals surface area contributed by atoms with Crippen molar-refractivity contribution in [3.63, 3.8) is 0 Å². The largest absolute Gasteiger partial charge is 0.431 e. The summed E-state index contributed by atoms with van der Waals surface area (Å²) in [7, 11) is 0. The molecule has 0 aliphatic carbocycles. The van der Waals surface area contributed by atoms with Crippen molar-refractivity contribution in [2.24, 2.45) is 0 Å². The lowest BCUT2D eigenvalue weighted by Gasteiger charge is -2.18. The first-order chi connectivity index (χ1) is 10.3. The van der Waals surface area contributed by atoms with E-state index in [1.54, 1.807) is 0 Å². The molecule has 1 aliphatic heterocycles. The van der Waals surface area contributed by atoms with Gasteiger partial charge < -0.3 is 9.88 Å². The lowest BCUT2D eigenvalue weighted by molar-refractivity contribution is -0.144. The number of aromatic nitrogens is 1. The van der Waals surface area contributed by atoms with Gasteiger partial charge in [0.25, 0.3) is 5.56 Å². The summed E-state index contributed by atoms with van der Waals surface area (Å²) < 4.78 is 39.1. The Morgan fingerprint density at radius 1 is 1.23 bits per heavy atom. The molecular formula is C12H9F3N4O3. The number of hydrogen-bond acceptors (Lipinski definition) is 4. The van der Waals surface area contributed by atoms with E-state index in [1.165, 1.54) is 6.07 Å². The Labute approximate surface area is 121 Å². The number of imide groups is 1. The predicted molar refractivity (Wildman–Crippen MR) is 65.5 cm³/mol. The van der Waals surface area contributed by atoms with Crippen LogP contribution >= 0.6 is 0 Å². The van der Waals surface area contributed by atoms with Gasteiger partial charge in [-0.3, -0.25) is 14.5 Å². The number of urea groups is 1. The highest BCUT2D eigenvalue weighted by molar-refractivity contribution is 6.01. The summed E-state index contributed by atoms with van der Waals surface area (Å²) in [5.41, 5.74) is -2.82. The number of nitriles is 1. The van der Waals surface area contributed by atoms with Crippen molar-refractivity contribution >= 4 is 11.9 Å². The number of carbonyl (C=O) groups excluding carboxylic acids is 2. The van der Waals surface area contributed by atoms with Crippen LogP contribution in [-0.4, -0.2) is 34.5 Å². The van der Waals surface area contributed by atoms with Crippen molar-refractivity contribution in [3.8, 4) is 6.07 Å². The van der Waals surface area contributed by atoms with E-state index in [4.69, 9.17) is 5.26 Å². The third-order valence-corrected chi connectivity index (χ3v) is 3.07. The molecule has 2 rings (SSSR count). The van der Waals surface area contributed by atoms with Gasteiger partial charge in [0.05, 0.1) is 6.54 Å². The van der Waals surface area contributed by atoms with Gasteiger partial charge in [-0.15, -0.1) is 0 Å². The molecule has 1 saturated heterocycles. The van der Waals surface area contributed by atoms with Gasteiger partial charge in [-0.25, -0.2) is 4.79 Å². The average Bonchev–Trinajstić information content (AvgIpc) is 2.75. The molecule has 0 spiro atoms. The fraction of sp³-hybridized carbons (Fsp3) is 0.333. The monoisotopic (exact) mass is 314 g/mol. The van der Waals surface area contributed by atoms with E-state index in [-0.39, 0.29) is 6.54 Å². The Kier molecular flexibility index (Phi) is 3.90. The maximum Gasteiger partial charge on any atom is 0.431 e. The summed E-state index contributed by atoms with van der Waals surface area (Å²) in [6.45, 7) is -1.19. The van der Waals surface area contributed by atoms with Gasteiger partial charge in [-0.2, -0.15) is 18.4 Å². The van der Waals surface area contributed by atoms with E-state index < -0.39 is 48.0 Å². The normalized spacial score (nSPS) is 14.9. The van der Waals surface area contributed by atoms with Crippen molar-refractivity contribution < 1.29 is 22.8 Å². The van der Waals surface area contributed by atoms with Crippen molar-refractivity contribution in [2.75, 3.05) is 13.1 Å². The Morgan fingerprint density at radius 3 is 2.41 bits per heavy atom. The molecule has 22 heavy (non-hydrogen) atoms. The molecule has 1 aliphatic rings. The predicted octanol–water partition coefficient (Wildman–Crippen LogP) is 0.291. The van der Waals surface area contributed by atoms with E-state index >= 15 is 0 Å². The quantitative estimate of drug-likeness (QED) is 0.811. The first-order valence-electron chi connectivity index (χ1n) is 6.05. The fourth-order valence-electron chi connectivity index (χ4n) is 2.01. The fourth-order valence-corrected chi connectivity index (χ4v) is 2.01. The molecule has 1 aromatic heterocycles. The number of pyridine rings is 1. The highest BCUT2D eigenvalue weighted by atomic mass is 19.4. The van der Waals surface area contributed by atoms with Crippen LogP contribution in [0, 0.1) is 11.3 Å². The maximum absolute atomic E-state index is 12.9. The summed E-state index contributed by atoms with van der Waals surface area (Å²) in [6.07, 6.45) is -4.80. The molecule has 1 aromatic rings. The molecule has 0 aromatic carbocycles. The Hall–Kier alpha value is -2.83. The first kappa shape index (κ1) is 15.6. The maximum atomic E-state index is 12.9. The minimum Gasteiger partial charge on any atom is -0.329 e. The SMILES string of the molecule is N#Cc1ccc(C(F)(F)F)n(CCN2C(=O)CNC2=O)c1=O. The highest BCUT2D eigenvalue weighted by Crippen LogP contribution is 2.28. The zero-order valence-electron chi connectivity index (χ0n) is 11.0. The number of nitrogens with one attached hydrogen (secondary N) is 1. The number of hydrogen-bond donors (Lipinski definition) is 1. The molecule has 0 atom stereocenters. The zero-order valence-corrected chi connectivity index (χ0v) is 11.0. The molecule has 116 valence electrons. The summed E-state index contributed by atoms with van der Waals surface area (Å²) in [4.78, 5) is 35.3. The molecule has 0 radical (unpaired) electrons. The first-order valence-corrected chi connectivity index (χ1v) is 6.05. The summed E-state index contributed by atoms with van der Waals surface area (Å²) in [5, 5.41) is 10.9. The Morgan fingerprint density at radius 2 is 1.91 bits per heavy atom. The van der Waals surface area contributed by atoms with Crippen LogP contribution in [0.25, 0.3) is 0 Å². The van der Waals surface area contributed by atoms with Crippen LogP contribution in [0.4, 0.5) is 18.0 Å². The molecule has 1 fully saturated rings. The summed E-state index contributed by atoms with van der Waals surface area (Å²) >= 11 is 0. The van der Waals surface area contributed by atoms with Crippen LogP contribution in [0.15, 0.2) is 16.9 Å². The summed E-state index contributed by atoms with van der Waals surface area (Å²) in [6, 6.07) is 2.17. The lowest BCUT2D eigenvalue weighted by Crippen LogP contribution is -2.38. The smallest absolute Gasteiger partial charge is 0.329 e. The van der Waals surface area contributed by atoms with Crippen LogP contribution < -0.4 is 10.9 Å². The second kappa shape index (κ2) is 5.51. The molecule has 3 amide bonds. The van der Waals surface area contributed by atoms with Gasteiger partial charge in [0, 0.05) is 13.1 Å². The van der Waals surface area contributed by atoms with Crippen LogP contribution in [0.2, 0.25) is 0 Å². The highest BCUT2D eigenvalue weighted by Gasteiger charge is 2.35. The average molecular weight is 314 g/mol. The van der Waals surface area contributed by atoms with E-state index in [0.29, 0.717) is 15.5 Å². The molecule has 2 heterocycles. The van der Waals surface area contributed by atoms with Crippen molar-refractivity contribution in [3.05, 3.63) is 33.7 Å². The number of amides is 3. The second-order valence-corrected chi connectivity index (χ2v) is 4.40. The van der Waals surface area contributed by atoms with Crippen LogP contribution in [0.5, 0.6) is 0 Å². The van der Waals surface area contributed by atoms with Crippen molar-refractivity contribution in [1.29, 1.82) is 5.26 Å². The Balaban J connectivity index is 2.37. The van der Waals surface area contributed by atoms with Gasteiger partial charge >= 0.3 is 12.2 Å².